The highest BCUT2D eigenvalue weighted by atomic mass is 16.7. The highest BCUT2D eigenvalue weighted by molar-refractivity contribution is 4.72. The predicted octanol–water partition coefficient (Wildman–Crippen LogP) is 0.766. The van der Waals surface area contributed by atoms with Gasteiger partial charge >= 0.3 is 0 Å². The van der Waals surface area contributed by atoms with Crippen molar-refractivity contribution < 1.29 is 4.84 Å². The van der Waals surface area contributed by atoms with Crippen LogP contribution >= 0.6 is 0 Å². The second kappa shape index (κ2) is 1.54. The van der Waals surface area contributed by atoms with E-state index in [1.54, 1.807) is 11.3 Å². The standard InChI is InChI=1S/C5H9NO/c1-3-6-4-5(2)7-6/h3,5H,1,4H2,2H3. The van der Waals surface area contributed by atoms with E-state index in [1.807, 2.05) is 6.92 Å². The van der Waals surface area contributed by atoms with Crippen molar-refractivity contribution in [3.63, 3.8) is 0 Å². The summed E-state index contributed by atoms with van der Waals surface area (Å²) in [5.74, 6) is 0. The maximum Gasteiger partial charge on any atom is 0.103 e. The van der Waals surface area contributed by atoms with Gasteiger partial charge in [-0.25, -0.2) is 0 Å². The SMILES string of the molecule is C=CN1CC(C)O1. The molecule has 0 radical (unpaired) electrons. The topological polar surface area (TPSA) is 12.5 Å². The van der Waals surface area contributed by atoms with E-state index in [4.69, 9.17) is 4.84 Å². The minimum atomic E-state index is 0.401. The Morgan fingerprint density at radius 2 is 2.57 bits per heavy atom. The average Bonchev–Trinajstić information content (AvgIpc) is 1.58. The van der Waals surface area contributed by atoms with Gasteiger partial charge < -0.3 is 0 Å². The van der Waals surface area contributed by atoms with Crippen molar-refractivity contribution in [2.75, 3.05) is 6.54 Å². The Morgan fingerprint density at radius 3 is 2.71 bits per heavy atom. The fraction of sp³-hybridized carbons (Fsp3) is 0.600. The minimum absolute atomic E-state index is 0.401. The second-order valence-electron chi connectivity index (χ2n) is 1.70. The molecule has 0 aliphatic carbocycles. The number of hydrogen-bond donors (Lipinski definition) is 0. The molecular formula is C5H9NO. The van der Waals surface area contributed by atoms with Gasteiger partial charge in [-0.05, 0) is 6.92 Å². The second-order valence-corrected chi connectivity index (χ2v) is 1.70. The van der Waals surface area contributed by atoms with Gasteiger partial charge in [-0.1, -0.05) is 6.58 Å². The van der Waals surface area contributed by atoms with Crippen molar-refractivity contribution >= 4 is 0 Å². The van der Waals surface area contributed by atoms with Gasteiger partial charge in [-0.3, -0.25) is 9.90 Å². The van der Waals surface area contributed by atoms with E-state index in [2.05, 4.69) is 6.58 Å². The molecule has 1 rings (SSSR count). The maximum absolute atomic E-state index is 5.00. The van der Waals surface area contributed by atoms with Gasteiger partial charge in [-0.2, -0.15) is 0 Å². The van der Waals surface area contributed by atoms with E-state index in [0.29, 0.717) is 6.10 Å². The Bertz CT molecular complexity index is 76.1. The van der Waals surface area contributed by atoms with Crippen LogP contribution in [0.1, 0.15) is 6.92 Å². The first-order chi connectivity index (χ1) is 3.33. The van der Waals surface area contributed by atoms with Gasteiger partial charge in [0.15, 0.2) is 0 Å². The van der Waals surface area contributed by atoms with Gasteiger partial charge in [0.05, 0.1) is 6.54 Å². The van der Waals surface area contributed by atoms with Gasteiger partial charge in [0.2, 0.25) is 0 Å². The molecule has 1 atom stereocenters. The number of rotatable bonds is 1. The normalized spacial score (nSPS) is 29.3. The third-order valence-corrected chi connectivity index (χ3v) is 0.956. The first kappa shape index (κ1) is 4.65. The van der Waals surface area contributed by atoms with E-state index in [1.165, 1.54) is 0 Å². The Morgan fingerprint density at radius 1 is 2.00 bits per heavy atom. The van der Waals surface area contributed by atoms with Gasteiger partial charge in [-0.15, -0.1) is 0 Å². The van der Waals surface area contributed by atoms with Crippen molar-refractivity contribution in [1.82, 2.24) is 5.06 Å². The van der Waals surface area contributed by atoms with E-state index in [9.17, 15) is 0 Å². The summed E-state index contributed by atoms with van der Waals surface area (Å²) in [6.07, 6.45) is 2.08. The first-order valence-corrected chi connectivity index (χ1v) is 2.39. The smallest absolute Gasteiger partial charge is 0.103 e. The quantitative estimate of drug-likeness (QED) is 0.481. The third-order valence-electron chi connectivity index (χ3n) is 0.956. The van der Waals surface area contributed by atoms with E-state index in [-0.39, 0.29) is 0 Å². The fourth-order valence-corrected chi connectivity index (χ4v) is 0.594. The molecule has 40 valence electrons. The molecule has 0 aromatic rings. The molecule has 2 heteroatoms. The zero-order chi connectivity index (χ0) is 5.28. The largest absolute Gasteiger partial charge is 0.269 e. The molecule has 1 heterocycles. The Hall–Kier alpha value is -0.500. The molecule has 0 amide bonds. The summed E-state index contributed by atoms with van der Waals surface area (Å²) in [6.45, 7) is 6.54. The van der Waals surface area contributed by atoms with Crippen LogP contribution in [0.2, 0.25) is 0 Å². The molecule has 7 heavy (non-hydrogen) atoms. The van der Waals surface area contributed by atoms with Crippen LogP contribution in [-0.4, -0.2) is 17.7 Å². The molecular weight excluding hydrogens is 90.1 g/mol. The van der Waals surface area contributed by atoms with Crippen LogP contribution in [0.5, 0.6) is 0 Å². The summed E-state index contributed by atoms with van der Waals surface area (Å²) in [5.41, 5.74) is 0. The molecule has 1 aliphatic heterocycles. The highest BCUT2D eigenvalue weighted by Gasteiger charge is 2.18. The van der Waals surface area contributed by atoms with Crippen molar-refractivity contribution in [3.8, 4) is 0 Å². The van der Waals surface area contributed by atoms with E-state index >= 15 is 0 Å². The van der Waals surface area contributed by atoms with Crippen LogP contribution in [0.4, 0.5) is 0 Å². The molecule has 0 aromatic heterocycles. The molecule has 0 spiro atoms. The van der Waals surface area contributed by atoms with Crippen molar-refractivity contribution in [2.45, 2.75) is 13.0 Å². The number of hydroxylamine groups is 2. The summed E-state index contributed by atoms with van der Waals surface area (Å²) >= 11 is 0. The molecule has 1 aliphatic rings. The highest BCUT2D eigenvalue weighted by Crippen LogP contribution is 2.09. The predicted molar refractivity (Wildman–Crippen MR) is 27.4 cm³/mol. The molecule has 0 N–H and O–H groups in total. The minimum Gasteiger partial charge on any atom is -0.269 e. The Labute approximate surface area is 43.3 Å². The van der Waals surface area contributed by atoms with Gasteiger partial charge in [0.1, 0.15) is 6.10 Å². The Balaban J connectivity index is 2.17. The fourth-order valence-electron chi connectivity index (χ4n) is 0.594. The van der Waals surface area contributed by atoms with Crippen molar-refractivity contribution in [3.05, 3.63) is 12.8 Å². The number of hydrogen-bond acceptors (Lipinski definition) is 2. The van der Waals surface area contributed by atoms with Crippen molar-refractivity contribution in [1.29, 1.82) is 0 Å². The third kappa shape index (κ3) is 0.747. The molecule has 1 fully saturated rings. The monoisotopic (exact) mass is 99.1 g/mol. The summed E-state index contributed by atoms with van der Waals surface area (Å²) in [4.78, 5) is 5.00. The summed E-state index contributed by atoms with van der Waals surface area (Å²) in [6, 6.07) is 0. The van der Waals surface area contributed by atoms with Crippen LogP contribution in [0.25, 0.3) is 0 Å². The van der Waals surface area contributed by atoms with Crippen LogP contribution in [0.3, 0.4) is 0 Å². The summed E-state index contributed by atoms with van der Waals surface area (Å²) < 4.78 is 0. The van der Waals surface area contributed by atoms with Gasteiger partial charge in [0.25, 0.3) is 0 Å². The number of nitrogens with zero attached hydrogens (tertiary/aromatic N) is 1. The zero-order valence-corrected chi connectivity index (χ0v) is 4.42. The molecule has 0 aromatic carbocycles. The van der Waals surface area contributed by atoms with Crippen LogP contribution in [0.15, 0.2) is 12.8 Å². The lowest BCUT2D eigenvalue weighted by molar-refractivity contribution is -0.258. The summed E-state index contributed by atoms with van der Waals surface area (Å²) in [7, 11) is 0. The van der Waals surface area contributed by atoms with Gasteiger partial charge in [0, 0.05) is 6.20 Å². The van der Waals surface area contributed by atoms with Crippen LogP contribution in [-0.2, 0) is 4.84 Å². The van der Waals surface area contributed by atoms with Crippen LogP contribution < -0.4 is 0 Å². The molecule has 0 saturated carbocycles. The molecule has 1 saturated heterocycles. The lowest BCUT2D eigenvalue weighted by atomic mass is 10.3. The lowest BCUT2D eigenvalue weighted by Gasteiger charge is -2.34. The first-order valence-electron chi connectivity index (χ1n) is 2.39. The Kier molecular flexibility index (Phi) is 1.02. The molecule has 0 bridgehead atoms. The van der Waals surface area contributed by atoms with E-state index < -0.39 is 0 Å². The van der Waals surface area contributed by atoms with Crippen LogP contribution in [0, 0.1) is 0 Å². The summed E-state index contributed by atoms with van der Waals surface area (Å²) in [5, 5.41) is 1.71. The molecule has 1 unspecified atom stereocenters. The lowest BCUT2D eigenvalue weighted by Crippen LogP contribution is -2.42. The molecule has 2 nitrogen and oxygen atoms in total. The zero-order valence-electron chi connectivity index (χ0n) is 4.42. The van der Waals surface area contributed by atoms with Crippen molar-refractivity contribution in [2.24, 2.45) is 0 Å². The average molecular weight is 99.1 g/mol. The van der Waals surface area contributed by atoms with E-state index in [0.717, 1.165) is 6.54 Å². The maximum atomic E-state index is 5.00.